The fourth-order valence-corrected chi connectivity index (χ4v) is 2.34. The number of nitrogens with one attached hydrogen (secondary N) is 1. The summed E-state index contributed by atoms with van der Waals surface area (Å²) >= 11 is 0. The van der Waals surface area contributed by atoms with Crippen LogP contribution in [0, 0.1) is 5.41 Å². The topological polar surface area (TPSA) is 122 Å². The van der Waals surface area contributed by atoms with Crippen molar-refractivity contribution in [1.29, 1.82) is 0 Å². The largest absolute Gasteiger partial charge is 0.481 e. The lowest BCUT2D eigenvalue weighted by molar-refractivity contribution is -0.152. The number of carboxylic acid groups (broad SMARTS) is 1. The average Bonchev–Trinajstić information content (AvgIpc) is 2.42. The molecule has 0 aromatic heterocycles. The fraction of sp³-hybridized carbons (Fsp3) is 0.750. The molecule has 1 heterocycles. The van der Waals surface area contributed by atoms with Crippen molar-refractivity contribution >= 4 is 18.1 Å². The second-order valence-electron chi connectivity index (χ2n) is 4.86. The Balaban J connectivity index is 2.48. The lowest BCUT2D eigenvalue weighted by Gasteiger charge is -2.39. The Bertz CT molecular complexity index is 387. The van der Waals surface area contributed by atoms with Crippen molar-refractivity contribution in [3.63, 3.8) is 0 Å². The molecule has 0 radical (unpaired) electrons. The molecular formula is C12H21N3O5. The third-order valence-electron chi connectivity index (χ3n) is 3.62. The number of likely N-dealkylation sites (tertiary alicyclic amines) is 1. The summed E-state index contributed by atoms with van der Waals surface area (Å²) in [6.45, 7) is 2.67. The van der Waals surface area contributed by atoms with Crippen LogP contribution in [0.1, 0.15) is 26.2 Å². The smallest absolute Gasteiger partial charge is 0.404 e. The van der Waals surface area contributed by atoms with E-state index in [0.29, 0.717) is 25.8 Å². The molecule has 0 bridgehead atoms. The molecule has 0 aromatic rings. The lowest BCUT2D eigenvalue weighted by atomic mass is 9.78. The van der Waals surface area contributed by atoms with Crippen molar-refractivity contribution in [3.05, 3.63) is 0 Å². The second-order valence-corrected chi connectivity index (χ2v) is 4.86. The van der Waals surface area contributed by atoms with Gasteiger partial charge in [-0.05, 0) is 19.3 Å². The summed E-state index contributed by atoms with van der Waals surface area (Å²) in [5.74, 6) is -0.866. The molecule has 1 aliphatic rings. The Labute approximate surface area is 117 Å². The van der Waals surface area contributed by atoms with Gasteiger partial charge < -0.3 is 25.8 Å². The number of hydrogen-bond donors (Lipinski definition) is 3. The highest BCUT2D eigenvalue weighted by atomic mass is 16.5. The van der Waals surface area contributed by atoms with Gasteiger partial charge in [-0.25, -0.2) is 9.59 Å². The van der Waals surface area contributed by atoms with Crippen LogP contribution in [0.5, 0.6) is 0 Å². The van der Waals surface area contributed by atoms with Gasteiger partial charge in [0.05, 0.1) is 12.0 Å². The molecule has 8 nitrogen and oxygen atoms in total. The highest BCUT2D eigenvalue weighted by molar-refractivity contribution is 5.78. The van der Waals surface area contributed by atoms with Crippen molar-refractivity contribution in [2.24, 2.45) is 11.1 Å². The van der Waals surface area contributed by atoms with Crippen LogP contribution in [-0.2, 0) is 9.53 Å². The first kappa shape index (κ1) is 16.1. The monoisotopic (exact) mass is 287 g/mol. The summed E-state index contributed by atoms with van der Waals surface area (Å²) in [7, 11) is 0. The number of nitrogens with two attached hydrogens (primary N) is 1. The van der Waals surface area contributed by atoms with Crippen molar-refractivity contribution in [3.8, 4) is 0 Å². The Hall–Kier alpha value is -1.99. The quantitative estimate of drug-likeness (QED) is 0.630. The number of piperidine rings is 1. The standard InChI is InChI=1S/C12H21N3O5/c1-2-12(9(16)17)4-3-6-15(8-12)11(19)14-5-7-20-10(13)18/h2-8H2,1H3,(H2,13,18)(H,14,19)(H,16,17). The van der Waals surface area contributed by atoms with Crippen LogP contribution in [0.2, 0.25) is 0 Å². The summed E-state index contributed by atoms with van der Waals surface area (Å²) in [5, 5.41) is 11.9. The van der Waals surface area contributed by atoms with E-state index in [2.05, 4.69) is 10.1 Å². The molecule has 0 aromatic carbocycles. The van der Waals surface area contributed by atoms with Gasteiger partial charge in [0.25, 0.3) is 0 Å². The van der Waals surface area contributed by atoms with Gasteiger partial charge in [-0.15, -0.1) is 0 Å². The highest BCUT2D eigenvalue weighted by Gasteiger charge is 2.42. The van der Waals surface area contributed by atoms with Gasteiger partial charge in [0, 0.05) is 13.1 Å². The molecule has 1 unspecified atom stereocenters. The van der Waals surface area contributed by atoms with E-state index < -0.39 is 17.5 Å². The van der Waals surface area contributed by atoms with Crippen LogP contribution in [0.4, 0.5) is 9.59 Å². The summed E-state index contributed by atoms with van der Waals surface area (Å²) in [6.07, 6.45) is 0.823. The van der Waals surface area contributed by atoms with Crippen molar-refractivity contribution < 1.29 is 24.2 Å². The van der Waals surface area contributed by atoms with Crippen LogP contribution >= 0.6 is 0 Å². The van der Waals surface area contributed by atoms with Gasteiger partial charge >= 0.3 is 18.1 Å². The van der Waals surface area contributed by atoms with Crippen LogP contribution in [0.25, 0.3) is 0 Å². The SMILES string of the molecule is CCC1(C(=O)O)CCCN(C(=O)NCCOC(N)=O)C1. The molecule has 0 saturated carbocycles. The molecule has 8 heteroatoms. The summed E-state index contributed by atoms with van der Waals surface area (Å²) in [6, 6.07) is -0.350. The number of nitrogens with zero attached hydrogens (tertiary/aromatic N) is 1. The Morgan fingerprint density at radius 3 is 2.70 bits per heavy atom. The van der Waals surface area contributed by atoms with Gasteiger partial charge in [-0.2, -0.15) is 0 Å². The minimum atomic E-state index is -0.895. The zero-order valence-electron chi connectivity index (χ0n) is 11.6. The first-order chi connectivity index (χ1) is 9.41. The Morgan fingerprint density at radius 1 is 1.45 bits per heavy atom. The minimum absolute atomic E-state index is 0.00718. The minimum Gasteiger partial charge on any atom is -0.481 e. The zero-order chi connectivity index (χ0) is 15.2. The van der Waals surface area contributed by atoms with Crippen LogP contribution in [-0.4, -0.2) is 54.3 Å². The molecular weight excluding hydrogens is 266 g/mol. The molecule has 20 heavy (non-hydrogen) atoms. The van der Waals surface area contributed by atoms with Gasteiger partial charge in [0.2, 0.25) is 0 Å². The summed E-state index contributed by atoms with van der Waals surface area (Å²) in [5.41, 5.74) is 3.93. The average molecular weight is 287 g/mol. The number of carboxylic acids is 1. The van der Waals surface area contributed by atoms with E-state index in [4.69, 9.17) is 5.73 Å². The third-order valence-corrected chi connectivity index (χ3v) is 3.62. The number of carbonyl (C=O) groups is 3. The number of carbonyl (C=O) groups excluding carboxylic acids is 2. The molecule has 1 saturated heterocycles. The van der Waals surface area contributed by atoms with Crippen LogP contribution < -0.4 is 11.1 Å². The number of primary amides is 1. The zero-order valence-corrected chi connectivity index (χ0v) is 11.6. The van der Waals surface area contributed by atoms with Gasteiger partial charge in [0.15, 0.2) is 0 Å². The Kier molecular flexibility index (Phi) is 5.60. The lowest BCUT2D eigenvalue weighted by Crippen LogP contribution is -2.52. The number of ether oxygens (including phenoxy) is 1. The normalized spacial score (nSPS) is 22.1. The third kappa shape index (κ3) is 4.01. The first-order valence-electron chi connectivity index (χ1n) is 6.59. The second kappa shape index (κ2) is 6.97. The van der Waals surface area contributed by atoms with E-state index in [1.807, 2.05) is 6.92 Å². The van der Waals surface area contributed by atoms with Gasteiger partial charge in [0.1, 0.15) is 6.61 Å². The van der Waals surface area contributed by atoms with Crippen LogP contribution in [0.15, 0.2) is 0 Å². The molecule has 114 valence electrons. The van der Waals surface area contributed by atoms with E-state index >= 15 is 0 Å². The summed E-state index contributed by atoms with van der Waals surface area (Å²) in [4.78, 5) is 35.1. The maximum Gasteiger partial charge on any atom is 0.404 e. The van der Waals surface area contributed by atoms with Gasteiger partial charge in [-0.1, -0.05) is 6.92 Å². The predicted molar refractivity (Wildman–Crippen MR) is 70.1 cm³/mol. The number of aliphatic carboxylic acids is 1. The van der Waals surface area contributed by atoms with E-state index in [9.17, 15) is 19.5 Å². The van der Waals surface area contributed by atoms with Crippen LogP contribution in [0.3, 0.4) is 0 Å². The molecule has 0 spiro atoms. The maximum absolute atomic E-state index is 11.9. The van der Waals surface area contributed by atoms with E-state index in [-0.39, 0.29) is 25.7 Å². The van der Waals surface area contributed by atoms with E-state index in [0.717, 1.165) is 0 Å². The molecule has 4 N–H and O–H groups in total. The van der Waals surface area contributed by atoms with Crippen molar-refractivity contribution in [1.82, 2.24) is 10.2 Å². The molecule has 3 amide bonds. The number of rotatable bonds is 5. The highest BCUT2D eigenvalue weighted by Crippen LogP contribution is 2.33. The van der Waals surface area contributed by atoms with E-state index in [1.165, 1.54) is 4.90 Å². The molecule has 1 rings (SSSR count). The van der Waals surface area contributed by atoms with Crippen molar-refractivity contribution in [2.75, 3.05) is 26.2 Å². The summed E-state index contributed by atoms with van der Waals surface area (Å²) < 4.78 is 4.49. The molecule has 1 atom stereocenters. The molecule has 1 aliphatic heterocycles. The number of urea groups is 1. The number of hydrogen-bond acceptors (Lipinski definition) is 4. The first-order valence-corrected chi connectivity index (χ1v) is 6.59. The fourth-order valence-electron chi connectivity index (χ4n) is 2.34. The number of amides is 3. The molecule has 0 aliphatic carbocycles. The van der Waals surface area contributed by atoms with E-state index in [1.54, 1.807) is 0 Å². The van der Waals surface area contributed by atoms with Gasteiger partial charge in [-0.3, -0.25) is 4.79 Å². The molecule has 1 fully saturated rings. The maximum atomic E-state index is 11.9. The Morgan fingerprint density at radius 2 is 2.15 bits per heavy atom. The predicted octanol–water partition coefficient (Wildman–Crippen LogP) is 0.368. The van der Waals surface area contributed by atoms with Crippen molar-refractivity contribution in [2.45, 2.75) is 26.2 Å².